The van der Waals surface area contributed by atoms with Crippen LogP contribution in [0, 0.1) is 5.92 Å². The van der Waals surface area contributed by atoms with Crippen LogP contribution in [0.25, 0.3) is 33.6 Å². The molecule has 14 heteroatoms. The van der Waals surface area contributed by atoms with Gasteiger partial charge in [-0.1, -0.05) is 0 Å². The van der Waals surface area contributed by atoms with E-state index in [1.54, 1.807) is 13.2 Å². The highest BCUT2D eigenvalue weighted by molar-refractivity contribution is 7.92. The first-order valence-corrected chi connectivity index (χ1v) is 17.8. The maximum Gasteiger partial charge on any atom is 0.329 e. The highest BCUT2D eigenvalue weighted by Crippen LogP contribution is 2.46. The molecule has 5 heterocycles. The van der Waals surface area contributed by atoms with Gasteiger partial charge < -0.3 is 24.5 Å². The first-order chi connectivity index (χ1) is 22.0. The van der Waals surface area contributed by atoms with Crippen molar-refractivity contribution in [3.05, 3.63) is 35.9 Å². The summed E-state index contributed by atoms with van der Waals surface area (Å²) in [6.07, 6.45) is 8.44. The van der Waals surface area contributed by atoms with Crippen molar-refractivity contribution in [2.24, 2.45) is 11.7 Å². The quantitative estimate of drug-likeness (QED) is 0.255. The van der Waals surface area contributed by atoms with Crippen LogP contribution >= 0.6 is 0 Å². The number of rotatable bonds is 9. The van der Waals surface area contributed by atoms with E-state index in [1.165, 1.54) is 6.07 Å². The number of benzene rings is 1. The molecule has 3 aromatic heterocycles. The van der Waals surface area contributed by atoms with E-state index in [9.17, 15) is 22.0 Å². The van der Waals surface area contributed by atoms with Gasteiger partial charge in [0.25, 0.3) is 5.91 Å². The number of carbonyl (C=O) groups is 1. The first kappa shape index (κ1) is 29.6. The van der Waals surface area contributed by atoms with E-state index < -0.39 is 16.6 Å². The standard InChI is InChI=1S/C32H37F2N7O4S/c1-45-26-15-19(31(42)39-20-8-10-22(35)24(39)11-9-20)13-23-28(26)40(21-6-7-21)30(36-23)25-14-18-5-12-27(41(32(33)34)46(2,43)44)37-29(18)38(25)16-17-3-4-17/h5,12-15,17,20-22,24,32H,3-4,6-11,16,35H2,1-2H3/t20-,22-,24-/m1/s1. The van der Waals surface area contributed by atoms with Gasteiger partial charge in [0.1, 0.15) is 22.7 Å². The second-order valence-corrected chi connectivity index (χ2v) is 15.2. The summed E-state index contributed by atoms with van der Waals surface area (Å²) in [6, 6.07) is 8.92. The molecule has 0 unspecified atom stereocenters. The summed E-state index contributed by atoms with van der Waals surface area (Å²) in [7, 11) is -2.68. The van der Waals surface area contributed by atoms with Crippen molar-refractivity contribution in [1.29, 1.82) is 0 Å². The zero-order valence-corrected chi connectivity index (χ0v) is 26.6. The minimum Gasteiger partial charge on any atom is -0.494 e. The summed E-state index contributed by atoms with van der Waals surface area (Å²) >= 11 is 0. The van der Waals surface area contributed by atoms with E-state index in [-0.39, 0.29) is 40.2 Å². The summed E-state index contributed by atoms with van der Waals surface area (Å²) in [5, 5.41) is 0.691. The van der Waals surface area contributed by atoms with Gasteiger partial charge in [0.05, 0.1) is 24.6 Å². The number of aromatic nitrogens is 4. The van der Waals surface area contributed by atoms with Gasteiger partial charge in [0.15, 0.2) is 5.82 Å². The van der Waals surface area contributed by atoms with Gasteiger partial charge in [-0.3, -0.25) is 4.79 Å². The number of carbonyl (C=O) groups excluding carboxylic acids is 1. The van der Waals surface area contributed by atoms with Gasteiger partial charge in [-0.05, 0) is 87.6 Å². The average molecular weight is 654 g/mol. The molecule has 4 aliphatic rings. The smallest absolute Gasteiger partial charge is 0.329 e. The lowest BCUT2D eigenvalue weighted by Gasteiger charge is -2.38. The number of sulfonamides is 1. The molecule has 46 heavy (non-hydrogen) atoms. The van der Waals surface area contributed by atoms with Gasteiger partial charge in [0.2, 0.25) is 10.0 Å². The van der Waals surface area contributed by atoms with Crippen LogP contribution in [-0.2, 0) is 16.6 Å². The molecule has 2 bridgehead atoms. The van der Waals surface area contributed by atoms with Crippen molar-refractivity contribution in [1.82, 2.24) is 24.0 Å². The van der Waals surface area contributed by atoms with Crippen LogP contribution in [0.2, 0.25) is 0 Å². The fourth-order valence-electron chi connectivity index (χ4n) is 7.58. The number of halogens is 2. The van der Waals surface area contributed by atoms with Gasteiger partial charge in [-0.2, -0.15) is 13.1 Å². The molecule has 2 aliphatic heterocycles. The number of amides is 1. The van der Waals surface area contributed by atoms with Gasteiger partial charge in [0, 0.05) is 41.7 Å². The normalized spacial score (nSPS) is 23.2. The zero-order chi connectivity index (χ0) is 32.1. The minimum absolute atomic E-state index is 0.0262. The molecule has 2 N–H and O–H groups in total. The molecular weight excluding hydrogens is 616 g/mol. The molecule has 4 fully saturated rings. The molecule has 3 atom stereocenters. The van der Waals surface area contributed by atoms with E-state index in [1.807, 2.05) is 27.7 Å². The fraction of sp³-hybridized carbons (Fsp3) is 0.531. The molecule has 2 saturated carbocycles. The Morgan fingerprint density at radius 2 is 1.78 bits per heavy atom. The van der Waals surface area contributed by atoms with E-state index >= 15 is 0 Å². The Balaban J connectivity index is 1.29. The number of methoxy groups -OCH3 is 1. The van der Waals surface area contributed by atoms with Crippen molar-refractivity contribution < 1.29 is 26.7 Å². The summed E-state index contributed by atoms with van der Waals surface area (Å²) < 4.78 is 62.5. The number of nitrogens with two attached hydrogens (primary N) is 1. The Morgan fingerprint density at radius 1 is 1.04 bits per heavy atom. The Bertz CT molecular complexity index is 1980. The topological polar surface area (TPSA) is 129 Å². The van der Waals surface area contributed by atoms with Crippen LogP contribution in [0.1, 0.15) is 67.8 Å². The van der Waals surface area contributed by atoms with E-state index in [4.69, 9.17) is 15.5 Å². The predicted molar refractivity (Wildman–Crippen MR) is 170 cm³/mol. The lowest BCUT2D eigenvalue weighted by Crippen LogP contribution is -2.53. The third-order valence-corrected chi connectivity index (χ3v) is 11.2. The lowest BCUT2D eigenvalue weighted by molar-refractivity contribution is 0.0562. The number of ether oxygens (including phenoxy) is 1. The van der Waals surface area contributed by atoms with E-state index in [2.05, 4.69) is 9.55 Å². The van der Waals surface area contributed by atoms with Crippen LogP contribution in [0.4, 0.5) is 14.6 Å². The molecule has 0 spiro atoms. The predicted octanol–water partition coefficient (Wildman–Crippen LogP) is 4.89. The monoisotopic (exact) mass is 653 g/mol. The molecule has 0 radical (unpaired) electrons. The van der Waals surface area contributed by atoms with Crippen molar-refractivity contribution in [3.8, 4) is 17.3 Å². The maximum atomic E-state index is 14.0. The molecule has 2 saturated heterocycles. The number of alkyl halides is 2. The third kappa shape index (κ3) is 4.83. The third-order valence-electron chi connectivity index (χ3n) is 10.1. The minimum atomic E-state index is -4.27. The molecule has 244 valence electrons. The fourth-order valence-corrected chi connectivity index (χ4v) is 8.32. The highest BCUT2D eigenvalue weighted by atomic mass is 32.2. The molecular formula is C32H37F2N7O4S. The summed E-state index contributed by atoms with van der Waals surface area (Å²) in [5.41, 5.74) is 9.56. The summed E-state index contributed by atoms with van der Waals surface area (Å²) in [6.45, 7) is -2.68. The van der Waals surface area contributed by atoms with Gasteiger partial charge in [-0.15, -0.1) is 0 Å². The van der Waals surface area contributed by atoms with Crippen molar-refractivity contribution in [3.63, 3.8) is 0 Å². The van der Waals surface area contributed by atoms with E-state index in [0.717, 1.165) is 68.8 Å². The molecule has 8 rings (SSSR count). The van der Waals surface area contributed by atoms with Crippen LogP contribution < -0.4 is 14.8 Å². The lowest BCUT2D eigenvalue weighted by atomic mass is 9.97. The number of hydrogen-bond acceptors (Lipinski definition) is 7. The molecule has 11 nitrogen and oxygen atoms in total. The second kappa shape index (κ2) is 10.6. The molecule has 4 aromatic rings. The van der Waals surface area contributed by atoms with Gasteiger partial charge >= 0.3 is 6.55 Å². The van der Waals surface area contributed by atoms with Crippen LogP contribution in [0.3, 0.4) is 0 Å². The van der Waals surface area contributed by atoms with Crippen molar-refractivity contribution in [2.45, 2.75) is 88.6 Å². The number of nitrogens with zero attached hydrogens (tertiary/aromatic N) is 6. The van der Waals surface area contributed by atoms with E-state index in [0.29, 0.717) is 46.2 Å². The molecule has 1 aromatic carbocycles. The van der Waals surface area contributed by atoms with Crippen LogP contribution in [-0.4, -0.2) is 76.4 Å². The number of fused-ring (bicyclic) bond motifs is 4. The number of anilines is 1. The number of pyridine rings is 1. The van der Waals surface area contributed by atoms with Crippen LogP contribution in [0.5, 0.6) is 5.75 Å². The van der Waals surface area contributed by atoms with Crippen LogP contribution in [0.15, 0.2) is 30.3 Å². The second-order valence-electron chi connectivity index (χ2n) is 13.3. The Hall–Kier alpha value is -3.78. The average Bonchev–Trinajstić information content (AvgIpc) is 3.92. The zero-order valence-electron chi connectivity index (χ0n) is 25.8. The first-order valence-electron chi connectivity index (χ1n) is 16.0. The molecule has 1 amide bonds. The Kier molecular flexibility index (Phi) is 6.84. The Morgan fingerprint density at radius 3 is 2.46 bits per heavy atom. The van der Waals surface area contributed by atoms with Gasteiger partial charge in [-0.25, -0.2) is 18.4 Å². The van der Waals surface area contributed by atoms with Crippen molar-refractivity contribution in [2.75, 3.05) is 17.7 Å². The summed E-state index contributed by atoms with van der Waals surface area (Å²) in [4.78, 5) is 25.6. The SMILES string of the molecule is COc1cc(C(=O)N2[C@@H]3CC[C@@H](N)[C@H]2CC3)cc2nc(-c3cc4ccc(N(C(F)F)S(C)(=O)=O)nc4n3CC3CC3)n(C3CC3)c12. The largest absolute Gasteiger partial charge is 0.494 e. The summed E-state index contributed by atoms with van der Waals surface area (Å²) in [5.74, 6) is 1.24. The highest BCUT2D eigenvalue weighted by Gasteiger charge is 2.44. The number of imidazole rings is 1. The number of hydrogen-bond donors (Lipinski definition) is 1. The van der Waals surface area contributed by atoms with Crippen molar-refractivity contribution >= 4 is 43.8 Å². The Labute approximate surface area is 265 Å². The molecule has 2 aliphatic carbocycles. The number of piperidine rings is 1. The maximum absolute atomic E-state index is 14.0.